The van der Waals surface area contributed by atoms with Gasteiger partial charge in [0.2, 0.25) is 17.8 Å². The van der Waals surface area contributed by atoms with Crippen LogP contribution in [0.5, 0.6) is 0 Å². The van der Waals surface area contributed by atoms with E-state index in [9.17, 15) is 14.4 Å². The quantitative estimate of drug-likeness (QED) is 0.149. The molecule has 0 aliphatic heterocycles. The number of amides is 3. The lowest BCUT2D eigenvalue weighted by Crippen LogP contribution is -2.25. The summed E-state index contributed by atoms with van der Waals surface area (Å²) in [6.07, 6.45) is 9.64. The van der Waals surface area contributed by atoms with Crippen molar-refractivity contribution in [2.24, 2.45) is 0 Å². The van der Waals surface area contributed by atoms with Crippen molar-refractivity contribution < 1.29 is 19.6 Å². The Labute approximate surface area is 228 Å². The van der Waals surface area contributed by atoms with Crippen LogP contribution in [0.1, 0.15) is 80.7 Å². The third-order valence-electron chi connectivity index (χ3n) is 7.02. The summed E-state index contributed by atoms with van der Waals surface area (Å²) >= 11 is 0. The smallest absolute Gasteiger partial charge is 0.270 e. The molecule has 1 saturated carbocycles. The molecule has 0 radical (unpaired) electrons. The van der Waals surface area contributed by atoms with Crippen molar-refractivity contribution in [1.29, 1.82) is 0 Å². The molecule has 3 amide bonds. The van der Waals surface area contributed by atoms with Crippen molar-refractivity contribution in [2.45, 2.75) is 70.3 Å². The number of fused-ring (bicyclic) bond motifs is 1. The van der Waals surface area contributed by atoms with E-state index < -0.39 is 5.91 Å². The number of benzene rings is 1. The fourth-order valence-electron chi connectivity index (χ4n) is 5.01. The summed E-state index contributed by atoms with van der Waals surface area (Å²) in [6, 6.07) is 9.49. The van der Waals surface area contributed by atoms with Crippen molar-refractivity contribution in [1.82, 2.24) is 24.9 Å². The van der Waals surface area contributed by atoms with Crippen LogP contribution in [0.3, 0.4) is 0 Å². The normalized spacial score (nSPS) is 13.4. The highest BCUT2D eigenvalue weighted by Crippen LogP contribution is 2.35. The summed E-state index contributed by atoms with van der Waals surface area (Å²) < 4.78 is 2.07. The lowest BCUT2D eigenvalue weighted by molar-refractivity contribution is -0.129. The monoisotopic (exact) mass is 535 g/mol. The van der Waals surface area contributed by atoms with Gasteiger partial charge in [-0.1, -0.05) is 37.8 Å². The van der Waals surface area contributed by atoms with Gasteiger partial charge in [0.25, 0.3) is 5.91 Å². The molecular formula is C28H37N7O4. The van der Waals surface area contributed by atoms with Crippen LogP contribution in [0.25, 0.3) is 11.0 Å². The molecule has 1 aliphatic rings. The van der Waals surface area contributed by atoms with Gasteiger partial charge in [-0.15, -0.1) is 0 Å². The van der Waals surface area contributed by atoms with Crippen molar-refractivity contribution in [3.8, 4) is 0 Å². The Kier molecular flexibility index (Phi) is 9.48. The van der Waals surface area contributed by atoms with E-state index >= 15 is 0 Å². The van der Waals surface area contributed by atoms with Crippen LogP contribution in [0.15, 0.2) is 36.5 Å². The summed E-state index contributed by atoms with van der Waals surface area (Å²) in [5.74, 6) is -0.166. The van der Waals surface area contributed by atoms with Crippen LogP contribution in [0.2, 0.25) is 0 Å². The Hall–Kier alpha value is -3.99. The van der Waals surface area contributed by atoms with Crippen LogP contribution in [0, 0.1) is 0 Å². The molecule has 208 valence electrons. The van der Waals surface area contributed by atoms with Gasteiger partial charge in [0.15, 0.2) is 0 Å². The van der Waals surface area contributed by atoms with E-state index in [0.29, 0.717) is 42.3 Å². The van der Waals surface area contributed by atoms with Gasteiger partial charge in [-0.3, -0.25) is 19.6 Å². The Balaban J connectivity index is 1.45. The van der Waals surface area contributed by atoms with E-state index in [1.807, 2.05) is 30.3 Å². The highest BCUT2D eigenvalue weighted by Gasteiger charge is 2.26. The maximum atomic E-state index is 13.0. The molecule has 4 N–H and O–H groups in total. The Morgan fingerprint density at radius 2 is 1.67 bits per heavy atom. The number of carbonyl (C=O) groups is 3. The van der Waals surface area contributed by atoms with Crippen LogP contribution in [0.4, 0.5) is 17.3 Å². The largest absolute Gasteiger partial charge is 0.343 e. The van der Waals surface area contributed by atoms with Crippen LogP contribution in [-0.4, -0.2) is 56.5 Å². The Morgan fingerprint density at radius 3 is 2.33 bits per heavy atom. The van der Waals surface area contributed by atoms with Crippen LogP contribution >= 0.6 is 0 Å². The molecule has 1 aliphatic carbocycles. The molecule has 0 unspecified atom stereocenters. The summed E-state index contributed by atoms with van der Waals surface area (Å²) in [6.45, 7) is 0. The third-order valence-corrected chi connectivity index (χ3v) is 7.02. The number of unbranched alkanes of at least 4 members (excludes halogenated alkanes) is 3. The Morgan fingerprint density at radius 1 is 1.00 bits per heavy atom. The molecule has 0 bridgehead atoms. The topological polar surface area (TPSA) is 141 Å². The number of hydrogen-bond donors (Lipinski definition) is 4. The van der Waals surface area contributed by atoms with Gasteiger partial charge in [0.05, 0.1) is 11.4 Å². The number of nitrogens with one attached hydrogen (secondary N) is 3. The highest BCUT2D eigenvalue weighted by molar-refractivity contribution is 5.98. The summed E-state index contributed by atoms with van der Waals surface area (Å²) in [5.41, 5.74) is 4.27. The van der Waals surface area contributed by atoms with E-state index in [0.717, 1.165) is 49.6 Å². The van der Waals surface area contributed by atoms with Crippen LogP contribution < -0.4 is 16.1 Å². The summed E-state index contributed by atoms with van der Waals surface area (Å²) in [4.78, 5) is 47.5. The maximum Gasteiger partial charge on any atom is 0.270 e. The molecule has 2 heterocycles. The second kappa shape index (κ2) is 13.2. The number of aromatic nitrogens is 3. The molecule has 2 aromatic heterocycles. The van der Waals surface area contributed by atoms with E-state index in [1.165, 1.54) is 0 Å². The molecule has 3 aromatic rings. The molecule has 0 spiro atoms. The number of para-hydroxylation sites is 2. The van der Waals surface area contributed by atoms with Gasteiger partial charge in [0.1, 0.15) is 11.3 Å². The standard InChI is InChI=1S/C28H37N7O4/c1-34(2)27(38)23-17-19-18-29-28(32-26(19)35(23)20-11-7-8-12-20)31-22-14-10-9-13-21(22)30-24(36)15-5-3-4-6-16-25(37)33-39/h9-10,13-14,17-18,20,39H,3-8,11-12,15-16H2,1-2H3,(H,30,36)(H,33,37)(H,29,31,32). The first-order chi connectivity index (χ1) is 18.9. The summed E-state index contributed by atoms with van der Waals surface area (Å²) in [7, 11) is 3.50. The van der Waals surface area contributed by atoms with Crippen molar-refractivity contribution in [3.05, 3.63) is 42.2 Å². The second-order valence-electron chi connectivity index (χ2n) is 10.2. The first-order valence-corrected chi connectivity index (χ1v) is 13.6. The predicted octanol–water partition coefficient (Wildman–Crippen LogP) is 4.78. The fourth-order valence-corrected chi connectivity index (χ4v) is 5.01. The van der Waals surface area contributed by atoms with E-state index in [2.05, 4.69) is 20.2 Å². The Bertz CT molecular complexity index is 1310. The SMILES string of the molecule is CN(C)C(=O)c1cc2cnc(Nc3ccccc3NC(=O)CCCCCCC(=O)NO)nc2n1C1CCCC1. The molecule has 11 heteroatoms. The molecule has 1 fully saturated rings. The first kappa shape index (κ1) is 28.0. The molecule has 0 saturated heterocycles. The molecule has 11 nitrogen and oxygen atoms in total. The van der Waals surface area contributed by atoms with E-state index in [-0.39, 0.29) is 24.3 Å². The molecule has 39 heavy (non-hydrogen) atoms. The van der Waals surface area contributed by atoms with Gasteiger partial charge in [-0.05, 0) is 43.9 Å². The number of hydrogen-bond acceptors (Lipinski definition) is 7. The number of anilines is 3. The van der Waals surface area contributed by atoms with Gasteiger partial charge in [0, 0.05) is 44.6 Å². The van der Waals surface area contributed by atoms with Crippen molar-refractivity contribution in [3.63, 3.8) is 0 Å². The minimum atomic E-state index is -0.394. The van der Waals surface area contributed by atoms with E-state index in [1.54, 1.807) is 30.7 Å². The second-order valence-corrected chi connectivity index (χ2v) is 10.2. The zero-order valence-electron chi connectivity index (χ0n) is 22.6. The number of rotatable bonds is 12. The lowest BCUT2D eigenvalue weighted by Gasteiger charge is -2.19. The van der Waals surface area contributed by atoms with Crippen molar-refractivity contribution in [2.75, 3.05) is 24.7 Å². The zero-order valence-corrected chi connectivity index (χ0v) is 22.6. The van der Waals surface area contributed by atoms with Crippen molar-refractivity contribution >= 4 is 46.1 Å². The third kappa shape index (κ3) is 7.11. The molecule has 0 atom stereocenters. The number of nitrogens with zero attached hydrogens (tertiary/aromatic N) is 4. The predicted molar refractivity (Wildman–Crippen MR) is 149 cm³/mol. The van der Waals surface area contributed by atoms with Gasteiger partial charge < -0.3 is 20.1 Å². The van der Waals surface area contributed by atoms with Crippen LogP contribution in [-0.2, 0) is 9.59 Å². The number of carbonyl (C=O) groups excluding carboxylic acids is 3. The minimum absolute atomic E-state index is 0.0573. The minimum Gasteiger partial charge on any atom is -0.343 e. The summed E-state index contributed by atoms with van der Waals surface area (Å²) in [5, 5.41) is 15.6. The average Bonchev–Trinajstić information content (AvgIpc) is 3.58. The maximum absolute atomic E-state index is 13.0. The first-order valence-electron chi connectivity index (χ1n) is 13.6. The lowest BCUT2D eigenvalue weighted by atomic mass is 10.1. The highest BCUT2D eigenvalue weighted by atomic mass is 16.5. The van der Waals surface area contributed by atoms with Gasteiger partial charge in [-0.25, -0.2) is 10.5 Å². The average molecular weight is 536 g/mol. The van der Waals surface area contributed by atoms with E-state index in [4.69, 9.17) is 10.2 Å². The molecule has 1 aromatic carbocycles. The number of hydroxylamine groups is 1. The molecule has 4 rings (SSSR count). The molecular weight excluding hydrogens is 498 g/mol. The zero-order chi connectivity index (χ0) is 27.8. The fraction of sp³-hybridized carbons (Fsp3) is 0.464. The van der Waals surface area contributed by atoms with Gasteiger partial charge in [-0.2, -0.15) is 4.98 Å². The van der Waals surface area contributed by atoms with Gasteiger partial charge >= 0.3 is 0 Å².